The zero-order valence-electron chi connectivity index (χ0n) is 6.22. The van der Waals surface area contributed by atoms with Crippen LogP contribution in [0, 0.1) is 5.92 Å². The highest BCUT2D eigenvalue weighted by atomic mass is 35.5. The number of rotatable bonds is 1. The van der Waals surface area contributed by atoms with Gasteiger partial charge in [-0.05, 0) is 19.3 Å². The number of carbonyl (C=O) groups is 1. The Morgan fingerprint density at radius 2 is 2.36 bits per heavy atom. The molecule has 0 aromatic rings. The van der Waals surface area contributed by atoms with E-state index in [4.69, 9.17) is 16.7 Å². The van der Waals surface area contributed by atoms with Crippen LogP contribution >= 0.6 is 11.6 Å². The third-order valence-corrected chi connectivity index (χ3v) is 2.58. The molecule has 2 unspecified atom stereocenters. The molecule has 1 N–H and O–H groups in total. The molecule has 2 atom stereocenters. The van der Waals surface area contributed by atoms with Gasteiger partial charge in [-0.15, -0.1) is 11.6 Å². The summed E-state index contributed by atoms with van der Waals surface area (Å²) in [5.74, 6) is -0.994. The maximum Gasteiger partial charge on any atom is 0.306 e. The van der Waals surface area contributed by atoms with Crippen molar-refractivity contribution in [2.75, 3.05) is 0 Å². The minimum absolute atomic E-state index is 0.134. The van der Waals surface area contributed by atoms with Crippen molar-refractivity contribution in [2.24, 2.45) is 5.92 Å². The fourth-order valence-corrected chi connectivity index (χ4v) is 1.60. The van der Waals surface area contributed by atoms with E-state index in [1.807, 2.05) is 0 Å². The summed E-state index contributed by atoms with van der Waals surface area (Å²) < 4.78 is 0. The summed E-state index contributed by atoms with van der Waals surface area (Å²) in [6.45, 7) is 3.76. The van der Waals surface area contributed by atoms with Gasteiger partial charge in [-0.1, -0.05) is 12.2 Å². The van der Waals surface area contributed by atoms with Crippen LogP contribution in [0.2, 0.25) is 0 Å². The fraction of sp³-hybridized carbons (Fsp3) is 0.625. The predicted molar refractivity (Wildman–Crippen MR) is 43.8 cm³/mol. The summed E-state index contributed by atoms with van der Waals surface area (Å²) >= 11 is 5.84. The number of hydrogen-bond acceptors (Lipinski definition) is 1. The van der Waals surface area contributed by atoms with Crippen LogP contribution in [0.15, 0.2) is 12.2 Å². The molecule has 1 aliphatic rings. The van der Waals surface area contributed by atoms with Gasteiger partial charge in [-0.3, -0.25) is 4.79 Å². The van der Waals surface area contributed by atoms with Crippen LogP contribution < -0.4 is 0 Å². The van der Waals surface area contributed by atoms with Gasteiger partial charge in [-0.2, -0.15) is 0 Å². The molecule has 2 nitrogen and oxygen atoms in total. The summed E-state index contributed by atoms with van der Waals surface area (Å²) in [6.07, 6.45) is 1.98. The van der Waals surface area contributed by atoms with E-state index in [1.165, 1.54) is 0 Å². The molecule has 1 rings (SSSR count). The van der Waals surface area contributed by atoms with Gasteiger partial charge in [0.25, 0.3) is 0 Å². The SMILES string of the molecule is C=C1CCC(C(=O)O)CC1Cl. The monoisotopic (exact) mass is 174 g/mol. The van der Waals surface area contributed by atoms with Crippen LogP contribution in [0.1, 0.15) is 19.3 Å². The van der Waals surface area contributed by atoms with Gasteiger partial charge in [0.05, 0.1) is 11.3 Å². The molecule has 0 radical (unpaired) electrons. The van der Waals surface area contributed by atoms with Crippen LogP contribution in [0.4, 0.5) is 0 Å². The van der Waals surface area contributed by atoms with Crippen LogP contribution in [0.3, 0.4) is 0 Å². The van der Waals surface area contributed by atoms with Crippen LogP contribution in [-0.4, -0.2) is 16.5 Å². The van der Waals surface area contributed by atoms with Crippen molar-refractivity contribution in [2.45, 2.75) is 24.6 Å². The van der Waals surface area contributed by atoms with Crippen molar-refractivity contribution < 1.29 is 9.90 Å². The number of hydrogen-bond donors (Lipinski definition) is 1. The van der Waals surface area contributed by atoms with Crippen molar-refractivity contribution in [3.63, 3.8) is 0 Å². The third kappa shape index (κ3) is 1.96. The largest absolute Gasteiger partial charge is 0.481 e. The predicted octanol–water partition coefficient (Wildman–Crippen LogP) is 2.03. The van der Waals surface area contributed by atoms with E-state index in [0.29, 0.717) is 12.8 Å². The van der Waals surface area contributed by atoms with Crippen LogP contribution in [0.5, 0.6) is 0 Å². The topological polar surface area (TPSA) is 37.3 Å². The lowest BCUT2D eigenvalue weighted by atomic mass is 9.86. The Labute approximate surface area is 70.9 Å². The molecular formula is C8H11ClO2. The quantitative estimate of drug-likeness (QED) is 0.488. The van der Waals surface area contributed by atoms with E-state index >= 15 is 0 Å². The number of allylic oxidation sites excluding steroid dienone is 1. The molecule has 0 aromatic carbocycles. The number of halogens is 1. The first-order valence-electron chi connectivity index (χ1n) is 3.66. The molecular weight excluding hydrogens is 164 g/mol. The molecule has 0 bridgehead atoms. The summed E-state index contributed by atoms with van der Waals surface area (Å²) in [6, 6.07) is 0. The normalized spacial score (nSPS) is 31.9. The van der Waals surface area contributed by atoms with Crippen molar-refractivity contribution in [1.82, 2.24) is 0 Å². The van der Waals surface area contributed by atoms with Gasteiger partial charge in [-0.25, -0.2) is 0 Å². The van der Waals surface area contributed by atoms with Crippen molar-refractivity contribution in [1.29, 1.82) is 0 Å². The minimum atomic E-state index is -0.733. The van der Waals surface area contributed by atoms with E-state index in [2.05, 4.69) is 6.58 Å². The van der Waals surface area contributed by atoms with E-state index in [-0.39, 0.29) is 11.3 Å². The first kappa shape index (κ1) is 8.60. The Hall–Kier alpha value is -0.500. The molecule has 0 heterocycles. The smallest absolute Gasteiger partial charge is 0.306 e. The van der Waals surface area contributed by atoms with E-state index in [9.17, 15) is 4.79 Å². The van der Waals surface area contributed by atoms with Gasteiger partial charge < -0.3 is 5.11 Å². The average Bonchev–Trinajstić information content (AvgIpc) is 1.94. The second-order valence-corrected chi connectivity index (χ2v) is 3.46. The van der Waals surface area contributed by atoms with Gasteiger partial charge in [0.2, 0.25) is 0 Å². The number of carboxylic acid groups (broad SMARTS) is 1. The molecule has 0 saturated heterocycles. The molecule has 0 aliphatic heterocycles. The maximum absolute atomic E-state index is 10.5. The summed E-state index contributed by atoms with van der Waals surface area (Å²) in [5.41, 5.74) is 0.976. The number of alkyl halides is 1. The second kappa shape index (κ2) is 3.26. The Balaban J connectivity index is 2.52. The van der Waals surface area contributed by atoms with Crippen molar-refractivity contribution >= 4 is 17.6 Å². The average molecular weight is 175 g/mol. The Morgan fingerprint density at radius 3 is 2.82 bits per heavy atom. The molecule has 3 heteroatoms. The number of aliphatic carboxylic acids is 1. The summed E-state index contributed by atoms with van der Waals surface area (Å²) in [5, 5.41) is 8.52. The standard InChI is InChI=1S/C8H11ClO2/c1-5-2-3-6(8(10)11)4-7(5)9/h6-7H,1-4H2,(H,10,11). The summed E-state index contributed by atoms with van der Waals surface area (Å²) in [7, 11) is 0. The number of carboxylic acids is 1. The molecule has 1 saturated carbocycles. The Bertz CT molecular complexity index is 189. The van der Waals surface area contributed by atoms with Gasteiger partial charge >= 0.3 is 5.97 Å². The van der Waals surface area contributed by atoms with Gasteiger partial charge in [0.15, 0.2) is 0 Å². The zero-order chi connectivity index (χ0) is 8.43. The first-order chi connectivity index (χ1) is 5.11. The van der Waals surface area contributed by atoms with Crippen LogP contribution in [0.25, 0.3) is 0 Å². The van der Waals surface area contributed by atoms with E-state index < -0.39 is 5.97 Å². The Kier molecular flexibility index (Phi) is 2.55. The first-order valence-corrected chi connectivity index (χ1v) is 4.09. The Morgan fingerprint density at radius 1 is 1.73 bits per heavy atom. The lowest BCUT2D eigenvalue weighted by molar-refractivity contribution is -0.142. The molecule has 0 aromatic heterocycles. The maximum atomic E-state index is 10.5. The second-order valence-electron chi connectivity index (χ2n) is 2.94. The lowest BCUT2D eigenvalue weighted by Gasteiger charge is -2.23. The van der Waals surface area contributed by atoms with Crippen LogP contribution in [-0.2, 0) is 4.79 Å². The van der Waals surface area contributed by atoms with E-state index in [0.717, 1.165) is 12.0 Å². The molecule has 0 amide bonds. The van der Waals surface area contributed by atoms with Crippen molar-refractivity contribution in [3.8, 4) is 0 Å². The van der Waals surface area contributed by atoms with E-state index in [1.54, 1.807) is 0 Å². The highest BCUT2D eigenvalue weighted by Gasteiger charge is 2.27. The molecule has 62 valence electrons. The minimum Gasteiger partial charge on any atom is -0.481 e. The van der Waals surface area contributed by atoms with Gasteiger partial charge in [0.1, 0.15) is 0 Å². The molecule has 1 aliphatic carbocycles. The molecule has 0 spiro atoms. The lowest BCUT2D eigenvalue weighted by Crippen LogP contribution is -2.23. The van der Waals surface area contributed by atoms with Crippen molar-refractivity contribution in [3.05, 3.63) is 12.2 Å². The highest BCUT2D eigenvalue weighted by molar-refractivity contribution is 6.22. The molecule has 11 heavy (non-hydrogen) atoms. The highest BCUT2D eigenvalue weighted by Crippen LogP contribution is 2.30. The zero-order valence-corrected chi connectivity index (χ0v) is 6.97. The summed E-state index contributed by atoms with van der Waals surface area (Å²) in [4.78, 5) is 10.5. The fourth-order valence-electron chi connectivity index (χ4n) is 1.27. The molecule has 1 fully saturated rings. The van der Waals surface area contributed by atoms with Gasteiger partial charge in [0, 0.05) is 0 Å². The third-order valence-electron chi connectivity index (χ3n) is 2.10.